The first-order chi connectivity index (χ1) is 14.0. The highest BCUT2D eigenvalue weighted by atomic mass is 16.5. The molecular formula is C22H26N2O5. The first-order valence-electron chi connectivity index (χ1n) is 10.4. The van der Waals surface area contributed by atoms with Crippen molar-refractivity contribution < 1.29 is 24.1 Å². The monoisotopic (exact) mass is 398 g/mol. The van der Waals surface area contributed by atoms with Crippen molar-refractivity contribution in [2.45, 2.75) is 43.6 Å². The normalized spacial score (nSPS) is 35.3. The standard InChI is InChI=1S/C22H26N2O5/c1-27-15-5-3-4-13-14-6-9-23-10-7-16-21(8-11-29-16)12-22(26,20(25)28-2)24(17(13)15)18(14)19(21)23/h3-5,16,19,26H,6-12H2,1-2H3. The molecule has 0 radical (unpaired) electrons. The van der Waals surface area contributed by atoms with Crippen LogP contribution in [0.15, 0.2) is 18.2 Å². The number of para-hydroxylation sites is 1. The molecule has 4 aliphatic heterocycles. The summed E-state index contributed by atoms with van der Waals surface area (Å²) in [5.74, 6) is 0.0426. The third kappa shape index (κ3) is 1.96. The Hall–Kier alpha value is -2.09. The van der Waals surface area contributed by atoms with E-state index in [0.29, 0.717) is 18.8 Å². The Labute approximate surface area is 169 Å². The van der Waals surface area contributed by atoms with Crippen molar-refractivity contribution in [2.24, 2.45) is 5.41 Å². The average molecular weight is 398 g/mol. The Morgan fingerprint density at radius 1 is 1.31 bits per heavy atom. The van der Waals surface area contributed by atoms with Gasteiger partial charge in [-0.25, -0.2) is 4.79 Å². The maximum absolute atomic E-state index is 13.1. The topological polar surface area (TPSA) is 73.2 Å². The van der Waals surface area contributed by atoms with Gasteiger partial charge in [-0.3, -0.25) is 4.90 Å². The van der Waals surface area contributed by atoms with Crippen LogP contribution in [0.1, 0.15) is 36.6 Å². The molecule has 7 nitrogen and oxygen atoms in total. The highest BCUT2D eigenvalue weighted by Crippen LogP contribution is 2.63. The van der Waals surface area contributed by atoms with Crippen molar-refractivity contribution in [1.82, 2.24) is 9.47 Å². The second kappa shape index (κ2) is 5.74. The lowest BCUT2D eigenvalue weighted by molar-refractivity contribution is -0.199. The quantitative estimate of drug-likeness (QED) is 0.780. The molecule has 4 atom stereocenters. The highest BCUT2D eigenvalue weighted by Gasteiger charge is 2.65. The van der Waals surface area contributed by atoms with Gasteiger partial charge in [0.1, 0.15) is 5.75 Å². The molecule has 1 aromatic heterocycles. The van der Waals surface area contributed by atoms with Gasteiger partial charge >= 0.3 is 5.97 Å². The Balaban J connectivity index is 1.75. The van der Waals surface area contributed by atoms with E-state index in [0.717, 1.165) is 48.9 Å². The number of hydrogen-bond donors (Lipinski definition) is 1. The zero-order valence-corrected chi connectivity index (χ0v) is 16.8. The van der Waals surface area contributed by atoms with Crippen LogP contribution in [-0.2, 0) is 26.4 Å². The molecule has 4 aliphatic rings. The minimum Gasteiger partial charge on any atom is -0.495 e. The molecule has 6 rings (SSSR count). The van der Waals surface area contributed by atoms with Gasteiger partial charge in [-0.2, -0.15) is 0 Å². The Morgan fingerprint density at radius 3 is 2.97 bits per heavy atom. The SMILES string of the molecule is COC(=O)C1(O)CC23CCOC2CCN2CCc4c(n1c1c(OC)cccc41)C23. The van der Waals surface area contributed by atoms with Crippen LogP contribution >= 0.6 is 0 Å². The molecule has 0 amide bonds. The fraction of sp³-hybridized carbons (Fsp3) is 0.591. The van der Waals surface area contributed by atoms with E-state index >= 15 is 0 Å². The minimum absolute atomic E-state index is 0.0551. The van der Waals surface area contributed by atoms with Crippen molar-refractivity contribution >= 4 is 16.9 Å². The van der Waals surface area contributed by atoms with E-state index in [-0.39, 0.29) is 17.6 Å². The number of carbonyl (C=O) groups excluding carboxylic acids is 1. The predicted molar refractivity (Wildman–Crippen MR) is 105 cm³/mol. The van der Waals surface area contributed by atoms with Crippen molar-refractivity contribution in [3.63, 3.8) is 0 Å². The van der Waals surface area contributed by atoms with Gasteiger partial charge in [0.05, 0.1) is 31.9 Å². The molecule has 1 aromatic carbocycles. The summed E-state index contributed by atoms with van der Waals surface area (Å²) >= 11 is 0. The van der Waals surface area contributed by atoms with E-state index < -0.39 is 11.7 Å². The smallest absolute Gasteiger partial charge is 0.359 e. The summed E-state index contributed by atoms with van der Waals surface area (Å²) in [6.07, 6.45) is 3.02. The number of rotatable bonds is 2. The Kier molecular flexibility index (Phi) is 3.51. The molecule has 2 fully saturated rings. The van der Waals surface area contributed by atoms with Crippen LogP contribution in [-0.4, -0.2) is 60.6 Å². The van der Waals surface area contributed by atoms with E-state index in [1.54, 1.807) is 7.11 Å². The molecule has 5 heterocycles. The van der Waals surface area contributed by atoms with Gasteiger partial charge in [-0.15, -0.1) is 0 Å². The molecule has 29 heavy (non-hydrogen) atoms. The fourth-order valence-corrected chi connectivity index (χ4v) is 6.77. The number of carbonyl (C=O) groups is 1. The number of benzene rings is 1. The average Bonchev–Trinajstić information content (AvgIpc) is 3.31. The number of aromatic nitrogens is 1. The van der Waals surface area contributed by atoms with E-state index in [2.05, 4.69) is 11.0 Å². The molecule has 2 saturated heterocycles. The zero-order chi connectivity index (χ0) is 20.0. The van der Waals surface area contributed by atoms with Gasteiger partial charge < -0.3 is 23.9 Å². The first-order valence-corrected chi connectivity index (χ1v) is 10.4. The molecule has 0 aliphatic carbocycles. The predicted octanol–water partition coefficient (Wildman–Crippen LogP) is 1.95. The number of ether oxygens (including phenoxy) is 3. The lowest BCUT2D eigenvalue weighted by Gasteiger charge is -2.58. The maximum Gasteiger partial charge on any atom is 0.359 e. The van der Waals surface area contributed by atoms with Crippen molar-refractivity contribution in [1.29, 1.82) is 0 Å². The summed E-state index contributed by atoms with van der Waals surface area (Å²) in [7, 11) is 2.97. The van der Waals surface area contributed by atoms with E-state index in [4.69, 9.17) is 14.2 Å². The van der Waals surface area contributed by atoms with Crippen LogP contribution in [0.4, 0.5) is 0 Å². The third-order valence-electron chi connectivity index (χ3n) is 7.80. The van der Waals surface area contributed by atoms with Gasteiger partial charge in [0.2, 0.25) is 5.72 Å². The molecule has 4 unspecified atom stereocenters. The summed E-state index contributed by atoms with van der Waals surface area (Å²) in [6, 6.07) is 6.07. The van der Waals surface area contributed by atoms with Gasteiger partial charge in [0, 0.05) is 42.6 Å². The number of hydrogen-bond acceptors (Lipinski definition) is 6. The number of nitrogens with zero attached hydrogens (tertiary/aromatic N) is 2. The van der Waals surface area contributed by atoms with Gasteiger partial charge in [0.25, 0.3) is 0 Å². The molecule has 154 valence electrons. The third-order valence-corrected chi connectivity index (χ3v) is 7.80. The zero-order valence-electron chi connectivity index (χ0n) is 16.8. The molecule has 2 aromatic rings. The van der Waals surface area contributed by atoms with Crippen LogP contribution in [0.2, 0.25) is 0 Å². The molecule has 1 spiro atoms. The van der Waals surface area contributed by atoms with Gasteiger partial charge in [-0.05, 0) is 30.9 Å². The van der Waals surface area contributed by atoms with Crippen LogP contribution in [0, 0.1) is 5.41 Å². The summed E-state index contributed by atoms with van der Waals surface area (Å²) in [4.78, 5) is 15.6. The minimum atomic E-state index is -1.78. The first kappa shape index (κ1) is 17.7. The van der Waals surface area contributed by atoms with Crippen molar-refractivity contribution in [2.75, 3.05) is 33.9 Å². The largest absolute Gasteiger partial charge is 0.495 e. The van der Waals surface area contributed by atoms with E-state index in [1.807, 2.05) is 16.7 Å². The molecule has 1 N–H and O–H groups in total. The molecular weight excluding hydrogens is 372 g/mol. The number of piperidine rings is 1. The van der Waals surface area contributed by atoms with Gasteiger partial charge in [-0.1, -0.05) is 12.1 Å². The Bertz CT molecular complexity index is 1030. The lowest BCUT2D eigenvalue weighted by Crippen LogP contribution is -2.63. The highest BCUT2D eigenvalue weighted by molar-refractivity contribution is 5.94. The fourth-order valence-electron chi connectivity index (χ4n) is 6.77. The Morgan fingerprint density at radius 2 is 2.17 bits per heavy atom. The van der Waals surface area contributed by atoms with Gasteiger partial charge in [0.15, 0.2) is 0 Å². The second-order valence-electron chi connectivity index (χ2n) is 8.86. The number of esters is 1. The van der Waals surface area contributed by atoms with Crippen LogP contribution in [0.25, 0.3) is 10.9 Å². The summed E-state index contributed by atoms with van der Waals surface area (Å²) < 4.78 is 18.8. The van der Waals surface area contributed by atoms with Crippen LogP contribution in [0.5, 0.6) is 5.75 Å². The van der Waals surface area contributed by atoms with E-state index in [9.17, 15) is 9.90 Å². The number of aliphatic hydroxyl groups is 1. The molecule has 7 heteroatoms. The molecule has 0 saturated carbocycles. The summed E-state index contributed by atoms with van der Waals surface area (Å²) in [5.41, 5.74) is 0.983. The van der Waals surface area contributed by atoms with Crippen molar-refractivity contribution in [3.8, 4) is 5.75 Å². The lowest BCUT2D eigenvalue weighted by atomic mass is 9.61. The van der Waals surface area contributed by atoms with Crippen molar-refractivity contribution in [3.05, 3.63) is 29.5 Å². The maximum atomic E-state index is 13.1. The number of methoxy groups -OCH3 is 2. The second-order valence-corrected chi connectivity index (χ2v) is 8.86. The van der Waals surface area contributed by atoms with E-state index in [1.165, 1.54) is 12.7 Å². The molecule has 0 bridgehead atoms. The van der Waals surface area contributed by atoms with Crippen LogP contribution in [0.3, 0.4) is 0 Å². The summed E-state index contributed by atoms with van der Waals surface area (Å²) in [6.45, 7) is 2.64. The van der Waals surface area contributed by atoms with Crippen LogP contribution < -0.4 is 4.74 Å². The number of fused-ring (bicyclic) bond motifs is 3. The summed E-state index contributed by atoms with van der Waals surface area (Å²) in [5, 5.41) is 13.0.